The van der Waals surface area contributed by atoms with Crippen molar-refractivity contribution in [3.8, 4) is 0 Å². The lowest BCUT2D eigenvalue weighted by Crippen LogP contribution is -1.99. The van der Waals surface area contributed by atoms with Gasteiger partial charge in [0, 0.05) is 12.8 Å². The molecular weight excluding hydrogens is 216 g/mol. The first kappa shape index (κ1) is 15.9. The standard InChI is InChI=1S/C14H24O3/c1-13(15)11-9-7-5-3-4-6-8-10-12-14(16)17-2/h7,9H,3-6,8,10-12H2,1-2H3/b9-7+. The SMILES string of the molecule is COC(=O)CCCCCCC/C=C/CC(C)=O. The van der Waals surface area contributed by atoms with E-state index < -0.39 is 0 Å². The fourth-order valence-electron chi connectivity index (χ4n) is 1.53. The number of carbonyl (C=O) groups excluding carboxylic acids is 2. The van der Waals surface area contributed by atoms with Crippen LogP contribution in [0.15, 0.2) is 12.2 Å². The van der Waals surface area contributed by atoms with Crippen molar-refractivity contribution in [1.82, 2.24) is 0 Å². The van der Waals surface area contributed by atoms with Crippen LogP contribution >= 0.6 is 0 Å². The first-order valence-electron chi connectivity index (χ1n) is 6.38. The molecule has 0 aliphatic heterocycles. The van der Waals surface area contributed by atoms with Crippen molar-refractivity contribution in [1.29, 1.82) is 0 Å². The third kappa shape index (κ3) is 12.8. The number of Topliss-reactive ketones (excluding diaryl/α,β-unsaturated/α-hetero) is 1. The minimum atomic E-state index is -0.114. The van der Waals surface area contributed by atoms with E-state index in [4.69, 9.17) is 0 Å². The average Bonchev–Trinajstić information content (AvgIpc) is 2.30. The van der Waals surface area contributed by atoms with Crippen LogP contribution in [0, 0.1) is 0 Å². The van der Waals surface area contributed by atoms with E-state index >= 15 is 0 Å². The molecule has 0 fully saturated rings. The molecule has 0 saturated heterocycles. The fourth-order valence-corrected chi connectivity index (χ4v) is 1.53. The zero-order valence-corrected chi connectivity index (χ0v) is 11.0. The average molecular weight is 240 g/mol. The minimum Gasteiger partial charge on any atom is -0.469 e. The van der Waals surface area contributed by atoms with Crippen molar-refractivity contribution in [2.45, 2.75) is 58.3 Å². The molecule has 0 saturated carbocycles. The number of esters is 1. The molecule has 0 atom stereocenters. The molecule has 17 heavy (non-hydrogen) atoms. The number of hydrogen-bond donors (Lipinski definition) is 0. The molecule has 0 amide bonds. The molecule has 0 heterocycles. The van der Waals surface area contributed by atoms with Gasteiger partial charge in [-0.05, 0) is 26.2 Å². The monoisotopic (exact) mass is 240 g/mol. The first-order valence-corrected chi connectivity index (χ1v) is 6.38. The Morgan fingerprint density at radius 3 is 2.29 bits per heavy atom. The van der Waals surface area contributed by atoms with E-state index in [9.17, 15) is 9.59 Å². The zero-order chi connectivity index (χ0) is 12.9. The summed E-state index contributed by atoms with van der Waals surface area (Å²) < 4.78 is 4.57. The Balaban J connectivity index is 3.16. The summed E-state index contributed by atoms with van der Waals surface area (Å²) in [5.41, 5.74) is 0. The van der Waals surface area contributed by atoms with Crippen LogP contribution in [0.2, 0.25) is 0 Å². The third-order valence-electron chi connectivity index (χ3n) is 2.55. The molecule has 0 bridgehead atoms. The van der Waals surface area contributed by atoms with Crippen molar-refractivity contribution < 1.29 is 14.3 Å². The van der Waals surface area contributed by atoms with E-state index in [1.165, 1.54) is 13.5 Å². The molecule has 0 aromatic carbocycles. The fraction of sp³-hybridized carbons (Fsp3) is 0.714. The number of rotatable bonds is 10. The van der Waals surface area contributed by atoms with Gasteiger partial charge in [0.05, 0.1) is 7.11 Å². The Hall–Kier alpha value is -1.12. The Labute approximate surface area is 104 Å². The van der Waals surface area contributed by atoms with Gasteiger partial charge in [0.15, 0.2) is 0 Å². The van der Waals surface area contributed by atoms with Gasteiger partial charge in [-0.15, -0.1) is 0 Å². The van der Waals surface area contributed by atoms with E-state index in [2.05, 4.69) is 10.8 Å². The summed E-state index contributed by atoms with van der Waals surface area (Å²) in [7, 11) is 1.43. The summed E-state index contributed by atoms with van der Waals surface area (Å²) in [6.45, 7) is 1.60. The topological polar surface area (TPSA) is 43.4 Å². The predicted molar refractivity (Wildman–Crippen MR) is 68.8 cm³/mol. The Kier molecular flexibility index (Phi) is 10.6. The normalized spacial score (nSPS) is 10.7. The second-order valence-corrected chi connectivity index (χ2v) is 4.26. The Morgan fingerprint density at radius 1 is 1.00 bits per heavy atom. The van der Waals surface area contributed by atoms with Crippen LogP contribution in [0.25, 0.3) is 0 Å². The Morgan fingerprint density at radius 2 is 1.65 bits per heavy atom. The van der Waals surface area contributed by atoms with Crippen molar-refractivity contribution in [2.24, 2.45) is 0 Å². The molecular formula is C14H24O3. The number of methoxy groups -OCH3 is 1. The van der Waals surface area contributed by atoms with Gasteiger partial charge in [-0.2, -0.15) is 0 Å². The summed E-state index contributed by atoms with van der Waals surface area (Å²) in [6, 6.07) is 0. The van der Waals surface area contributed by atoms with E-state index in [0.29, 0.717) is 12.8 Å². The van der Waals surface area contributed by atoms with Crippen LogP contribution in [-0.2, 0) is 14.3 Å². The van der Waals surface area contributed by atoms with Gasteiger partial charge in [-0.25, -0.2) is 0 Å². The maximum absolute atomic E-state index is 10.8. The van der Waals surface area contributed by atoms with Gasteiger partial charge in [-0.1, -0.05) is 31.4 Å². The highest BCUT2D eigenvalue weighted by Gasteiger charge is 1.98. The molecule has 0 N–H and O–H groups in total. The molecule has 0 spiro atoms. The second-order valence-electron chi connectivity index (χ2n) is 4.26. The van der Waals surface area contributed by atoms with Crippen LogP contribution in [0.4, 0.5) is 0 Å². The Bertz CT molecular complexity index is 244. The molecule has 3 heteroatoms. The molecule has 0 aliphatic rings. The lowest BCUT2D eigenvalue weighted by Gasteiger charge is -1.99. The van der Waals surface area contributed by atoms with Crippen molar-refractivity contribution in [2.75, 3.05) is 7.11 Å². The van der Waals surface area contributed by atoms with Crippen LogP contribution in [0.1, 0.15) is 58.3 Å². The highest BCUT2D eigenvalue weighted by atomic mass is 16.5. The number of ether oxygens (including phenoxy) is 1. The van der Waals surface area contributed by atoms with E-state index in [1.807, 2.05) is 6.08 Å². The molecule has 0 aliphatic carbocycles. The molecule has 0 unspecified atom stereocenters. The van der Waals surface area contributed by atoms with Crippen LogP contribution in [-0.4, -0.2) is 18.9 Å². The maximum Gasteiger partial charge on any atom is 0.305 e. The summed E-state index contributed by atoms with van der Waals surface area (Å²) in [6.07, 6.45) is 11.7. The second kappa shape index (κ2) is 11.4. The van der Waals surface area contributed by atoms with Gasteiger partial charge in [0.2, 0.25) is 0 Å². The van der Waals surface area contributed by atoms with Gasteiger partial charge in [0.1, 0.15) is 5.78 Å². The van der Waals surface area contributed by atoms with E-state index in [0.717, 1.165) is 32.1 Å². The number of carbonyl (C=O) groups is 2. The summed E-state index contributed by atoms with van der Waals surface area (Å²) in [4.78, 5) is 21.5. The quantitative estimate of drug-likeness (QED) is 0.334. The predicted octanol–water partition coefficient (Wildman–Crippen LogP) is 3.43. The van der Waals surface area contributed by atoms with Gasteiger partial charge in [-0.3, -0.25) is 9.59 Å². The molecule has 0 radical (unpaired) electrons. The molecule has 0 rings (SSSR count). The van der Waals surface area contributed by atoms with Gasteiger partial charge < -0.3 is 4.74 Å². The largest absolute Gasteiger partial charge is 0.469 e. The van der Waals surface area contributed by atoms with E-state index in [1.54, 1.807) is 6.92 Å². The lowest BCUT2D eigenvalue weighted by atomic mass is 10.1. The molecule has 0 aromatic rings. The van der Waals surface area contributed by atoms with E-state index in [-0.39, 0.29) is 11.8 Å². The summed E-state index contributed by atoms with van der Waals surface area (Å²) in [5.74, 6) is 0.0984. The highest BCUT2D eigenvalue weighted by Crippen LogP contribution is 2.08. The summed E-state index contributed by atoms with van der Waals surface area (Å²) in [5, 5.41) is 0. The van der Waals surface area contributed by atoms with Crippen LogP contribution in [0.5, 0.6) is 0 Å². The first-order chi connectivity index (χ1) is 8.16. The summed E-state index contributed by atoms with van der Waals surface area (Å²) >= 11 is 0. The molecule has 98 valence electrons. The third-order valence-corrected chi connectivity index (χ3v) is 2.55. The highest BCUT2D eigenvalue weighted by molar-refractivity contribution is 5.76. The van der Waals surface area contributed by atoms with Crippen LogP contribution < -0.4 is 0 Å². The van der Waals surface area contributed by atoms with Crippen molar-refractivity contribution in [3.05, 3.63) is 12.2 Å². The van der Waals surface area contributed by atoms with Crippen molar-refractivity contribution in [3.63, 3.8) is 0 Å². The maximum atomic E-state index is 10.8. The number of allylic oxidation sites excluding steroid dienone is 2. The van der Waals surface area contributed by atoms with Gasteiger partial charge >= 0.3 is 5.97 Å². The molecule has 3 nitrogen and oxygen atoms in total. The number of hydrogen-bond acceptors (Lipinski definition) is 3. The number of ketones is 1. The smallest absolute Gasteiger partial charge is 0.305 e. The van der Waals surface area contributed by atoms with Gasteiger partial charge in [0.25, 0.3) is 0 Å². The molecule has 0 aromatic heterocycles. The minimum absolute atomic E-state index is 0.114. The van der Waals surface area contributed by atoms with Crippen molar-refractivity contribution >= 4 is 11.8 Å². The van der Waals surface area contributed by atoms with Crippen LogP contribution in [0.3, 0.4) is 0 Å². The lowest BCUT2D eigenvalue weighted by molar-refractivity contribution is -0.140. The number of unbranched alkanes of at least 4 members (excludes halogenated alkanes) is 5. The zero-order valence-electron chi connectivity index (χ0n) is 11.0.